The molecule has 0 radical (unpaired) electrons. The average molecular weight is 248 g/mol. The summed E-state index contributed by atoms with van der Waals surface area (Å²) in [5, 5.41) is 3.31. The molecule has 18 heavy (non-hydrogen) atoms. The lowest BCUT2D eigenvalue weighted by Crippen LogP contribution is -2.48. The molecule has 2 aliphatic heterocycles. The van der Waals surface area contributed by atoms with Crippen LogP contribution >= 0.6 is 0 Å². The zero-order valence-electron chi connectivity index (χ0n) is 10.3. The normalized spacial score (nSPS) is 20.9. The summed E-state index contributed by atoms with van der Waals surface area (Å²) in [6, 6.07) is 5.13. The van der Waals surface area contributed by atoms with Crippen LogP contribution in [-0.2, 0) is 17.8 Å². The highest BCUT2D eigenvalue weighted by atomic mass is 19.1. The number of benzene rings is 1. The van der Waals surface area contributed by atoms with Gasteiger partial charge in [-0.1, -0.05) is 6.07 Å². The van der Waals surface area contributed by atoms with E-state index in [1.165, 1.54) is 12.1 Å². The molecule has 1 aromatic rings. The monoisotopic (exact) mass is 248 g/mol. The first-order valence-corrected chi connectivity index (χ1v) is 6.51. The number of carbonyl (C=O) groups is 1. The second-order valence-electron chi connectivity index (χ2n) is 5.09. The lowest BCUT2D eigenvalue weighted by atomic mass is 9.95. The van der Waals surface area contributed by atoms with E-state index < -0.39 is 0 Å². The summed E-state index contributed by atoms with van der Waals surface area (Å²) in [6.07, 6.45) is 2.38. The van der Waals surface area contributed by atoms with Crippen molar-refractivity contribution < 1.29 is 9.18 Å². The quantitative estimate of drug-likeness (QED) is 0.816. The molecule has 1 saturated heterocycles. The average Bonchev–Trinajstić information content (AvgIpc) is 2.39. The predicted molar refractivity (Wildman–Crippen MR) is 66.5 cm³/mol. The van der Waals surface area contributed by atoms with E-state index in [9.17, 15) is 9.18 Å². The molecule has 1 amide bonds. The van der Waals surface area contributed by atoms with Gasteiger partial charge in [0.25, 0.3) is 0 Å². The molecule has 1 fully saturated rings. The van der Waals surface area contributed by atoms with Gasteiger partial charge in [-0.2, -0.15) is 0 Å². The minimum Gasteiger partial charge on any atom is -0.335 e. The highest BCUT2D eigenvalue weighted by Crippen LogP contribution is 2.25. The van der Waals surface area contributed by atoms with Crippen molar-refractivity contribution in [2.24, 2.45) is 0 Å². The number of nitrogens with one attached hydrogen (secondary N) is 1. The lowest BCUT2D eigenvalue weighted by Gasteiger charge is -2.37. The zero-order valence-corrected chi connectivity index (χ0v) is 10.3. The van der Waals surface area contributed by atoms with E-state index in [1.54, 1.807) is 0 Å². The van der Waals surface area contributed by atoms with Gasteiger partial charge in [0.1, 0.15) is 5.82 Å². The lowest BCUT2D eigenvalue weighted by molar-refractivity contribution is -0.135. The number of hydrogen-bond acceptors (Lipinski definition) is 2. The molecule has 2 heterocycles. The molecule has 3 rings (SSSR count). The molecule has 0 atom stereocenters. The summed E-state index contributed by atoms with van der Waals surface area (Å²) in [4.78, 5) is 14.1. The number of nitrogens with zero attached hydrogens (tertiary/aromatic N) is 1. The maximum Gasteiger partial charge on any atom is 0.227 e. The van der Waals surface area contributed by atoms with Gasteiger partial charge in [-0.3, -0.25) is 4.79 Å². The van der Waals surface area contributed by atoms with Gasteiger partial charge >= 0.3 is 0 Å². The fourth-order valence-corrected chi connectivity index (χ4v) is 2.90. The fourth-order valence-electron chi connectivity index (χ4n) is 2.90. The third-order valence-electron chi connectivity index (χ3n) is 3.92. The highest BCUT2D eigenvalue weighted by molar-refractivity contribution is 5.81. The Kier molecular flexibility index (Phi) is 3.04. The Morgan fingerprint density at radius 1 is 1.22 bits per heavy atom. The van der Waals surface area contributed by atoms with Gasteiger partial charge in [0, 0.05) is 12.6 Å². The molecule has 0 aliphatic carbocycles. The van der Waals surface area contributed by atoms with Gasteiger partial charge in [-0.25, -0.2) is 4.39 Å². The molecular formula is C14H17FN2O. The molecule has 1 N–H and O–H groups in total. The number of halogens is 1. The second-order valence-corrected chi connectivity index (χ2v) is 5.09. The molecule has 96 valence electrons. The Labute approximate surface area is 106 Å². The number of carbonyl (C=O) groups excluding carboxylic acids is 1. The molecule has 1 aromatic carbocycles. The van der Waals surface area contributed by atoms with Crippen LogP contribution in [0.4, 0.5) is 4.39 Å². The van der Waals surface area contributed by atoms with Crippen LogP contribution in [-0.4, -0.2) is 29.9 Å². The Bertz CT molecular complexity index is 469. The molecular weight excluding hydrogens is 231 g/mol. The number of rotatable bonds is 1. The highest BCUT2D eigenvalue weighted by Gasteiger charge is 2.29. The topological polar surface area (TPSA) is 32.3 Å². The summed E-state index contributed by atoms with van der Waals surface area (Å²) in [5.41, 5.74) is 1.94. The van der Waals surface area contributed by atoms with E-state index in [4.69, 9.17) is 0 Å². The van der Waals surface area contributed by atoms with Crippen LogP contribution in [0.3, 0.4) is 0 Å². The Morgan fingerprint density at radius 3 is 2.78 bits per heavy atom. The van der Waals surface area contributed by atoms with Crippen molar-refractivity contribution in [1.29, 1.82) is 0 Å². The largest absolute Gasteiger partial charge is 0.335 e. The van der Waals surface area contributed by atoms with E-state index in [2.05, 4.69) is 5.32 Å². The van der Waals surface area contributed by atoms with Crippen molar-refractivity contribution in [2.75, 3.05) is 13.1 Å². The van der Waals surface area contributed by atoms with E-state index in [0.717, 1.165) is 37.1 Å². The SMILES string of the molecule is O=C1Cc2cc(F)ccc2CN1C1CCNCC1. The van der Waals surface area contributed by atoms with Crippen LogP contribution in [0.1, 0.15) is 24.0 Å². The Hall–Kier alpha value is -1.42. The summed E-state index contributed by atoms with van der Waals surface area (Å²) in [5.74, 6) is -0.114. The van der Waals surface area contributed by atoms with Gasteiger partial charge in [-0.15, -0.1) is 0 Å². The van der Waals surface area contributed by atoms with Crippen molar-refractivity contribution >= 4 is 5.91 Å². The van der Waals surface area contributed by atoms with Crippen LogP contribution in [0.2, 0.25) is 0 Å². The zero-order chi connectivity index (χ0) is 12.5. The van der Waals surface area contributed by atoms with E-state index in [0.29, 0.717) is 19.0 Å². The molecule has 4 heteroatoms. The van der Waals surface area contributed by atoms with Crippen molar-refractivity contribution in [1.82, 2.24) is 10.2 Å². The van der Waals surface area contributed by atoms with E-state index >= 15 is 0 Å². The third kappa shape index (κ3) is 2.12. The first-order valence-electron chi connectivity index (χ1n) is 6.51. The summed E-state index contributed by atoms with van der Waals surface area (Å²) >= 11 is 0. The summed E-state index contributed by atoms with van der Waals surface area (Å²) < 4.78 is 13.1. The predicted octanol–water partition coefficient (Wildman–Crippen LogP) is 1.46. The molecule has 3 nitrogen and oxygen atoms in total. The van der Waals surface area contributed by atoms with E-state index in [-0.39, 0.29) is 11.7 Å². The number of fused-ring (bicyclic) bond motifs is 1. The first kappa shape index (κ1) is 11.7. The molecule has 2 aliphatic rings. The van der Waals surface area contributed by atoms with Gasteiger partial charge in [0.15, 0.2) is 0 Å². The summed E-state index contributed by atoms with van der Waals surface area (Å²) in [7, 11) is 0. The van der Waals surface area contributed by atoms with Crippen LogP contribution in [0, 0.1) is 5.82 Å². The van der Waals surface area contributed by atoms with E-state index in [1.807, 2.05) is 11.0 Å². The van der Waals surface area contributed by atoms with Crippen LogP contribution in [0.5, 0.6) is 0 Å². The molecule has 0 aromatic heterocycles. The molecule has 0 bridgehead atoms. The third-order valence-corrected chi connectivity index (χ3v) is 3.92. The van der Waals surface area contributed by atoms with Gasteiger partial charge in [0.05, 0.1) is 6.42 Å². The van der Waals surface area contributed by atoms with Crippen LogP contribution < -0.4 is 5.32 Å². The minimum absolute atomic E-state index is 0.139. The number of piperidine rings is 1. The Balaban J connectivity index is 1.82. The maximum absolute atomic E-state index is 13.1. The fraction of sp³-hybridized carbons (Fsp3) is 0.500. The first-order chi connectivity index (χ1) is 8.74. The minimum atomic E-state index is -0.253. The van der Waals surface area contributed by atoms with Crippen molar-refractivity contribution in [3.8, 4) is 0 Å². The Morgan fingerprint density at radius 2 is 2.00 bits per heavy atom. The van der Waals surface area contributed by atoms with Crippen molar-refractivity contribution in [3.63, 3.8) is 0 Å². The van der Waals surface area contributed by atoms with Gasteiger partial charge in [0.2, 0.25) is 5.91 Å². The van der Waals surface area contributed by atoms with Gasteiger partial charge in [-0.05, 0) is 49.2 Å². The van der Waals surface area contributed by atoms with Crippen molar-refractivity contribution in [3.05, 3.63) is 35.1 Å². The molecule has 0 saturated carbocycles. The van der Waals surface area contributed by atoms with Gasteiger partial charge < -0.3 is 10.2 Å². The summed E-state index contributed by atoms with van der Waals surface area (Å²) in [6.45, 7) is 2.59. The number of hydrogen-bond donors (Lipinski definition) is 1. The second kappa shape index (κ2) is 4.69. The van der Waals surface area contributed by atoms with Crippen LogP contribution in [0.25, 0.3) is 0 Å². The molecule has 0 spiro atoms. The maximum atomic E-state index is 13.1. The standard InChI is InChI=1S/C14H17FN2O/c15-12-2-1-10-9-17(13-3-5-16-6-4-13)14(18)8-11(10)7-12/h1-2,7,13,16H,3-6,8-9H2. The molecule has 0 unspecified atom stereocenters. The van der Waals surface area contributed by atoms with Crippen LogP contribution in [0.15, 0.2) is 18.2 Å². The van der Waals surface area contributed by atoms with Crippen molar-refractivity contribution in [2.45, 2.75) is 31.8 Å². The smallest absolute Gasteiger partial charge is 0.227 e. The number of amides is 1.